The number of ether oxygens (including phenoxy) is 1. The van der Waals surface area contributed by atoms with Gasteiger partial charge in [0.2, 0.25) is 5.88 Å². The molecule has 5 aromatic rings. The number of rotatable bonds is 6. The van der Waals surface area contributed by atoms with Crippen LogP contribution in [0.2, 0.25) is 0 Å². The number of thiazole rings is 1. The molecule has 5 rings (SSSR count). The Balaban J connectivity index is 1.52. The van der Waals surface area contributed by atoms with Gasteiger partial charge >= 0.3 is 0 Å². The number of nitrogens with one attached hydrogen (secondary N) is 1. The number of benzene rings is 2. The van der Waals surface area contributed by atoms with Gasteiger partial charge in [0.05, 0.1) is 5.69 Å². The number of aromatic amines is 1. The number of aromatic nitrogens is 6. The van der Waals surface area contributed by atoms with Crippen LogP contribution in [-0.4, -0.2) is 29.9 Å². The highest BCUT2D eigenvalue weighted by atomic mass is 32.1. The Hall–Kier alpha value is -3.85. The molecule has 31 heavy (non-hydrogen) atoms. The van der Waals surface area contributed by atoms with E-state index >= 15 is 0 Å². The third-order valence-corrected chi connectivity index (χ3v) is 5.75. The van der Waals surface area contributed by atoms with Crippen molar-refractivity contribution >= 4 is 11.3 Å². The molecule has 2 aromatic carbocycles. The summed E-state index contributed by atoms with van der Waals surface area (Å²) in [5.41, 5.74) is 2.70. The molecule has 0 saturated heterocycles. The van der Waals surface area contributed by atoms with E-state index in [0.29, 0.717) is 39.5 Å². The lowest BCUT2D eigenvalue weighted by Gasteiger charge is -2.01. The lowest BCUT2D eigenvalue weighted by atomic mass is 10.1. The van der Waals surface area contributed by atoms with E-state index in [1.165, 1.54) is 23.7 Å². The molecule has 7 nitrogen and oxygen atoms in total. The summed E-state index contributed by atoms with van der Waals surface area (Å²) >= 11 is 1.38. The molecule has 0 fully saturated rings. The van der Waals surface area contributed by atoms with Gasteiger partial charge in [-0.3, -0.25) is 9.78 Å². The van der Waals surface area contributed by atoms with E-state index in [0.717, 1.165) is 11.3 Å². The third kappa shape index (κ3) is 3.82. The first-order chi connectivity index (χ1) is 15.2. The lowest BCUT2D eigenvalue weighted by Crippen LogP contribution is -1.97. The Labute approximate surface area is 181 Å². The Bertz CT molecular complexity index is 1310. The molecule has 3 heterocycles. The van der Waals surface area contributed by atoms with Crippen LogP contribution in [0.3, 0.4) is 0 Å². The van der Waals surface area contributed by atoms with Crippen molar-refractivity contribution in [2.24, 2.45) is 7.05 Å². The minimum Gasteiger partial charge on any atom is -0.472 e. The smallest absolute Gasteiger partial charge is 0.233 e. The number of hydrogen-bond acceptors (Lipinski definition) is 6. The highest BCUT2D eigenvalue weighted by molar-refractivity contribution is 7.18. The summed E-state index contributed by atoms with van der Waals surface area (Å²) in [5.74, 6) is 0.598. The van der Waals surface area contributed by atoms with E-state index in [-0.39, 0.29) is 5.82 Å². The maximum absolute atomic E-state index is 14.5. The maximum Gasteiger partial charge on any atom is 0.233 e. The molecule has 0 atom stereocenters. The molecule has 154 valence electrons. The summed E-state index contributed by atoms with van der Waals surface area (Å²) in [6, 6.07) is 18.2. The van der Waals surface area contributed by atoms with Crippen molar-refractivity contribution in [2.45, 2.75) is 6.61 Å². The standard InChI is InChI=1S/C22H17FN6OS/c1-29-17(11-18(28-29)30-12-14-7-3-2-4-8-14)22-26-19(15-9-5-6-10-16(15)23)20(31-22)21-24-13-25-27-21/h2-11,13H,12H2,1H3,(H,24,25,27). The van der Waals surface area contributed by atoms with E-state index < -0.39 is 0 Å². The summed E-state index contributed by atoms with van der Waals surface area (Å²) in [5, 5.41) is 12.0. The molecule has 0 saturated carbocycles. The number of H-pyrrole nitrogens is 1. The van der Waals surface area contributed by atoms with E-state index in [2.05, 4.69) is 20.3 Å². The highest BCUT2D eigenvalue weighted by Crippen LogP contribution is 2.40. The second-order valence-electron chi connectivity index (χ2n) is 6.76. The topological polar surface area (TPSA) is 81.5 Å². The van der Waals surface area contributed by atoms with Crippen LogP contribution in [-0.2, 0) is 13.7 Å². The first-order valence-electron chi connectivity index (χ1n) is 9.52. The van der Waals surface area contributed by atoms with Crippen LogP contribution in [0.4, 0.5) is 4.39 Å². The van der Waals surface area contributed by atoms with Gasteiger partial charge in [-0.15, -0.1) is 16.4 Å². The second-order valence-corrected chi connectivity index (χ2v) is 7.76. The summed E-state index contributed by atoms with van der Waals surface area (Å²) in [7, 11) is 1.82. The zero-order valence-corrected chi connectivity index (χ0v) is 17.3. The van der Waals surface area contributed by atoms with Crippen molar-refractivity contribution in [1.29, 1.82) is 0 Å². The zero-order chi connectivity index (χ0) is 21.2. The summed E-state index contributed by atoms with van der Waals surface area (Å²) in [6.07, 6.45) is 1.49. The molecule has 3 aromatic heterocycles. The summed E-state index contributed by atoms with van der Waals surface area (Å²) in [6.45, 7) is 0.415. The van der Waals surface area contributed by atoms with Gasteiger partial charge in [-0.1, -0.05) is 42.5 Å². The van der Waals surface area contributed by atoms with Crippen LogP contribution in [0.1, 0.15) is 5.56 Å². The quantitative estimate of drug-likeness (QED) is 0.420. The monoisotopic (exact) mass is 432 g/mol. The predicted octanol–water partition coefficient (Wildman–Crippen LogP) is 4.71. The fourth-order valence-corrected chi connectivity index (χ4v) is 4.25. The molecule has 0 aliphatic rings. The molecule has 1 N–H and O–H groups in total. The zero-order valence-electron chi connectivity index (χ0n) is 16.5. The van der Waals surface area contributed by atoms with Crippen LogP contribution >= 0.6 is 11.3 Å². The number of hydrogen-bond donors (Lipinski definition) is 1. The molecule has 0 amide bonds. The van der Waals surface area contributed by atoms with Crippen LogP contribution in [0.5, 0.6) is 5.88 Å². The van der Waals surface area contributed by atoms with Gasteiger partial charge < -0.3 is 4.74 Å². The second kappa shape index (κ2) is 8.11. The van der Waals surface area contributed by atoms with Crippen molar-refractivity contribution in [3.05, 3.63) is 78.4 Å². The minimum atomic E-state index is -0.354. The molecule has 0 aliphatic heterocycles. The first-order valence-corrected chi connectivity index (χ1v) is 10.3. The average molecular weight is 432 g/mol. The molecule has 9 heteroatoms. The Kier molecular flexibility index (Phi) is 5.01. The van der Waals surface area contributed by atoms with Crippen molar-refractivity contribution in [3.8, 4) is 38.5 Å². The van der Waals surface area contributed by atoms with E-state index in [1.54, 1.807) is 22.9 Å². The summed E-state index contributed by atoms with van der Waals surface area (Å²) in [4.78, 5) is 9.64. The first kappa shape index (κ1) is 19.1. The van der Waals surface area contributed by atoms with Crippen LogP contribution in [0, 0.1) is 5.82 Å². The van der Waals surface area contributed by atoms with Gasteiger partial charge in [-0.2, -0.15) is 5.10 Å². The van der Waals surface area contributed by atoms with Crippen molar-refractivity contribution < 1.29 is 9.13 Å². The van der Waals surface area contributed by atoms with Gasteiger partial charge in [0.15, 0.2) is 5.82 Å². The molecule has 0 radical (unpaired) electrons. The largest absolute Gasteiger partial charge is 0.472 e. The van der Waals surface area contributed by atoms with Crippen molar-refractivity contribution in [3.63, 3.8) is 0 Å². The Morgan fingerprint density at radius 3 is 2.68 bits per heavy atom. The predicted molar refractivity (Wildman–Crippen MR) is 116 cm³/mol. The number of halogens is 1. The van der Waals surface area contributed by atoms with Crippen LogP contribution in [0.25, 0.3) is 32.7 Å². The minimum absolute atomic E-state index is 0.354. The van der Waals surface area contributed by atoms with Gasteiger partial charge in [0, 0.05) is 18.7 Å². The molecule has 0 spiro atoms. The normalized spacial score (nSPS) is 11.0. The summed E-state index contributed by atoms with van der Waals surface area (Å²) < 4.78 is 22.1. The fraction of sp³-hybridized carbons (Fsp3) is 0.0909. The lowest BCUT2D eigenvalue weighted by molar-refractivity contribution is 0.291. The molecule has 0 aliphatic carbocycles. The Morgan fingerprint density at radius 1 is 1.10 bits per heavy atom. The maximum atomic E-state index is 14.5. The SMILES string of the molecule is Cn1nc(OCc2ccccc2)cc1-c1nc(-c2ccccc2F)c(-c2nc[nH]n2)s1. The third-order valence-electron chi connectivity index (χ3n) is 4.68. The fourth-order valence-electron chi connectivity index (χ4n) is 3.18. The highest BCUT2D eigenvalue weighted by Gasteiger charge is 2.22. The van der Waals surface area contributed by atoms with Crippen LogP contribution < -0.4 is 4.74 Å². The van der Waals surface area contributed by atoms with E-state index in [9.17, 15) is 4.39 Å². The Morgan fingerprint density at radius 2 is 1.90 bits per heavy atom. The molecule has 0 unspecified atom stereocenters. The van der Waals surface area contributed by atoms with E-state index in [4.69, 9.17) is 9.72 Å². The molecular weight excluding hydrogens is 415 g/mol. The van der Waals surface area contributed by atoms with Gasteiger partial charge in [0.1, 0.15) is 34.3 Å². The van der Waals surface area contributed by atoms with E-state index in [1.807, 2.05) is 43.4 Å². The van der Waals surface area contributed by atoms with Crippen LogP contribution in [0.15, 0.2) is 67.0 Å². The van der Waals surface area contributed by atoms with Crippen molar-refractivity contribution in [2.75, 3.05) is 0 Å². The number of nitrogens with zero attached hydrogens (tertiary/aromatic N) is 5. The van der Waals surface area contributed by atoms with Gasteiger partial charge in [0.25, 0.3) is 0 Å². The number of aryl methyl sites for hydroxylation is 1. The average Bonchev–Trinajstić information content (AvgIpc) is 3.53. The van der Waals surface area contributed by atoms with Gasteiger partial charge in [-0.05, 0) is 17.7 Å². The van der Waals surface area contributed by atoms with Gasteiger partial charge in [-0.25, -0.2) is 14.4 Å². The van der Waals surface area contributed by atoms with Crippen molar-refractivity contribution in [1.82, 2.24) is 29.9 Å². The molecular formula is C22H17FN6OS. The molecule has 0 bridgehead atoms.